The fraction of sp³-hybridized carbons (Fsp3) is 0.192. The molecule has 0 unspecified atom stereocenters. The van der Waals surface area contributed by atoms with Gasteiger partial charge in [0.15, 0.2) is 0 Å². The number of benzene rings is 3. The van der Waals surface area contributed by atoms with Gasteiger partial charge < -0.3 is 4.90 Å². The second-order valence-electron chi connectivity index (χ2n) is 7.99. The third-order valence-corrected chi connectivity index (χ3v) is 5.58. The molecule has 0 amide bonds. The SMILES string of the molecule is CC1=CC(C)(C)N(C)c2ccc(C=Nc3ccc(-c4ccccc4)cc3)cc21. The summed E-state index contributed by atoms with van der Waals surface area (Å²) in [6.07, 6.45) is 4.28. The Morgan fingerprint density at radius 2 is 1.54 bits per heavy atom. The Morgan fingerprint density at radius 3 is 2.25 bits per heavy atom. The number of likely N-dealkylation sites (N-methyl/N-ethyl adjacent to an activating group) is 1. The quantitative estimate of drug-likeness (QED) is 0.469. The van der Waals surface area contributed by atoms with Crippen LogP contribution < -0.4 is 4.90 Å². The van der Waals surface area contributed by atoms with E-state index in [4.69, 9.17) is 0 Å². The molecule has 0 radical (unpaired) electrons. The lowest BCUT2D eigenvalue weighted by molar-refractivity contribution is 0.598. The first kappa shape index (κ1) is 18.2. The number of rotatable bonds is 3. The fourth-order valence-corrected chi connectivity index (χ4v) is 3.78. The van der Waals surface area contributed by atoms with E-state index < -0.39 is 0 Å². The van der Waals surface area contributed by atoms with E-state index >= 15 is 0 Å². The van der Waals surface area contributed by atoms with Crippen molar-refractivity contribution in [3.63, 3.8) is 0 Å². The summed E-state index contributed by atoms with van der Waals surface area (Å²) in [7, 11) is 2.16. The minimum absolute atomic E-state index is 0.0349. The van der Waals surface area contributed by atoms with E-state index in [-0.39, 0.29) is 5.54 Å². The first-order valence-corrected chi connectivity index (χ1v) is 9.71. The van der Waals surface area contributed by atoms with Crippen LogP contribution in [0.4, 0.5) is 11.4 Å². The van der Waals surface area contributed by atoms with Crippen molar-refractivity contribution in [3.05, 3.63) is 90.0 Å². The normalized spacial score (nSPS) is 15.4. The van der Waals surface area contributed by atoms with Crippen LogP contribution in [-0.4, -0.2) is 18.8 Å². The average molecular weight is 367 g/mol. The van der Waals surface area contributed by atoms with Crippen LogP contribution in [0.3, 0.4) is 0 Å². The van der Waals surface area contributed by atoms with Gasteiger partial charge in [0.25, 0.3) is 0 Å². The molecule has 1 heterocycles. The van der Waals surface area contributed by atoms with Crippen molar-refractivity contribution >= 4 is 23.2 Å². The highest BCUT2D eigenvalue weighted by atomic mass is 15.2. The standard InChI is InChI=1S/C26H26N2/c1-19-17-26(2,3)28(4)25-15-10-20(16-24(19)25)18-27-23-13-11-22(12-14-23)21-8-6-5-7-9-21/h5-18H,1-4H3. The number of fused-ring (bicyclic) bond motifs is 1. The second kappa shape index (κ2) is 7.12. The van der Waals surface area contributed by atoms with Gasteiger partial charge >= 0.3 is 0 Å². The minimum Gasteiger partial charge on any atom is -0.366 e. The molecule has 3 aromatic rings. The maximum Gasteiger partial charge on any atom is 0.0630 e. The molecule has 28 heavy (non-hydrogen) atoms. The Kier molecular flexibility index (Phi) is 4.64. The van der Waals surface area contributed by atoms with Gasteiger partial charge in [-0.25, -0.2) is 0 Å². The van der Waals surface area contributed by atoms with Crippen LogP contribution in [0.2, 0.25) is 0 Å². The van der Waals surface area contributed by atoms with E-state index in [9.17, 15) is 0 Å². The lowest BCUT2D eigenvalue weighted by Gasteiger charge is -2.40. The third kappa shape index (κ3) is 3.50. The molecule has 0 spiro atoms. The number of hydrogen-bond acceptors (Lipinski definition) is 2. The highest BCUT2D eigenvalue weighted by molar-refractivity contribution is 5.88. The van der Waals surface area contributed by atoms with Gasteiger partial charge in [0.1, 0.15) is 0 Å². The van der Waals surface area contributed by atoms with E-state index in [0.717, 1.165) is 11.3 Å². The topological polar surface area (TPSA) is 15.6 Å². The molecule has 2 heteroatoms. The van der Waals surface area contributed by atoms with Crippen LogP contribution in [-0.2, 0) is 0 Å². The summed E-state index contributed by atoms with van der Waals surface area (Å²) in [5.41, 5.74) is 8.42. The summed E-state index contributed by atoms with van der Waals surface area (Å²) in [5.74, 6) is 0. The first-order valence-electron chi connectivity index (χ1n) is 9.71. The zero-order chi connectivity index (χ0) is 19.7. The monoisotopic (exact) mass is 366 g/mol. The molecule has 2 nitrogen and oxygen atoms in total. The Balaban J connectivity index is 1.57. The predicted molar refractivity (Wildman–Crippen MR) is 122 cm³/mol. The van der Waals surface area contributed by atoms with Gasteiger partial charge in [0.2, 0.25) is 0 Å². The van der Waals surface area contributed by atoms with Crippen LogP contribution in [0.25, 0.3) is 16.7 Å². The van der Waals surface area contributed by atoms with Crippen LogP contribution in [0.1, 0.15) is 31.9 Å². The van der Waals surface area contributed by atoms with Crippen molar-refractivity contribution in [2.45, 2.75) is 26.3 Å². The molecule has 140 valence electrons. The fourth-order valence-electron chi connectivity index (χ4n) is 3.78. The van der Waals surface area contributed by atoms with Crippen molar-refractivity contribution in [2.24, 2.45) is 4.99 Å². The summed E-state index contributed by atoms with van der Waals surface area (Å²) >= 11 is 0. The molecule has 0 N–H and O–H groups in total. The number of allylic oxidation sites excluding steroid dienone is 1. The van der Waals surface area contributed by atoms with E-state index in [1.54, 1.807) is 0 Å². The zero-order valence-corrected chi connectivity index (χ0v) is 17.0. The van der Waals surface area contributed by atoms with Crippen LogP contribution >= 0.6 is 0 Å². The maximum absolute atomic E-state index is 4.67. The van der Waals surface area contributed by atoms with Gasteiger partial charge in [-0.2, -0.15) is 0 Å². The molecule has 0 aliphatic carbocycles. The lowest BCUT2D eigenvalue weighted by Crippen LogP contribution is -2.42. The van der Waals surface area contributed by atoms with Crippen LogP contribution in [0.5, 0.6) is 0 Å². The maximum atomic E-state index is 4.67. The number of nitrogens with zero attached hydrogens (tertiary/aromatic N) is 2. The van der Waals surface area contributed by atoms with Crippen molar-refractivity contribution in [1.29, 1.82) is 0 Å². The number of hydrogen-bond donors (Lipinski definition) is 0. The Labute approximate surface area is 167 Å². The van der Waals surface area contributed by atoms with E-state index in [1.807, 2.05) is 12.3 Å². The number of aliphatic imine (C=N–C) groups is 1. The Bertz CT molecular complexity index is 1040. The Hall–Kier alpha value is -3.13. The van der Waals surface area contributed by atoms with Gasteiger partial charge in [0, 0.05) is 24.5 Å². The molecule has 0 aromatic heterocycles. The summed E-state index contributed by atoms with van der Waals surface area (Å²) in [6, 6.07) is 25.4. The average Bonchev–Trinajstić information content (AvgIpc) is 2.71. The summed E-state index contributed by atoms with van der Waals surface area (Å²) in [4.78, 5) is 7.01. The molecule has 1 aliphatic rings. The summed E-state index contributed by atoms with van der Waals surface area (Å²) < 4.78 is 0. The minimum atomic E-state index is 0.0349. The van der Waals surface area contributed by atoms with Crippen LogP contribution in [0.15, 0.2) is 83.9 Å². The van der Waals surface area contributed by atoms with E-state index in [1.165, 1.54) is 28.0 Å². The zero-order valence-electron chi connectivity index (χ0n) is 17.0. The van der Waals surface area contributed by atoms with Crippen molar-refractivity contribution in [1.82, 2.24) is 0 Å². The summed E-state index contributed by atoms with van der Waals surface area (Å²) in [5, 5.41) is 0. The number of anilines is 1. The highest BCUT2D eigenvalue weighted by Gasteiger charge is 2.28. The van der Waals surface area contributed by atoms with Gasteiger partial charge in [-0.05, 0) is 67.3 Å². The molecule has 4 rings (SSSR count). The van der Waals surface area contributed by atoms with Gasteiger partial charge in [-0.15, -0.1) is 0 Å². The van der Waals surface area contributed by atoms with E-state index in [2.05, 4.69) is 111 Å². The van der Waals surface area contributed by atoms with Gasteiger partial charge in [0.05, 0.1) is 11.2 Å². The van der Waals surface area contributed by atoms with Crippen molar-refractivity contribution in [2.75, 3.05) is 11.9 Å². The molecular weight excluding hydrogens is 340 g/mol. The largest absolute Gasteiger partial charge is 0.366 e. The van der Waals surface area contributed by atoms with Gasteiger partial charge in [-0.3, -0.25) is 4.99 Å². The molecule has 0 saturated heterocycles. The van der Waals surface area contributed by atoms with Crippen LogP contribution in [0, 0.1) is 0 Å². The lowest BCUT2D eigenvalue weighted by atomic mass is 9.89. The molecule has 0 fully saturated rings. The summed E-state index contributed by atoms with van der Waals surface area (Å²) in [6.45, 7) is 6.68. The molecule has 3 aromatic carbocycles. The van der Waals surface area contributed by atoms with Crippen molar-refractivity contribution in [3.8, 4) is 11.1 Å². The first-order chi connectivity index (χ1) is 13.4. The molecule has 0 atom stereocenters. The van der Waals surface area contributed by atoms with E-state index in [0.29, 0.717) is 0 Å². The smallest absolute Gasteiger partial charge is 0.0630 e. The molecule has 1 aliphatic heterocycles. The van der Waals surface area contributed by atoms with Crippen molar-refractivity contribution < 1.29 is 0 Å². The van der Waals surface area contributed by atoms with Gasteiger partial charge in [-0.1, -0.05) is 54.6 Å². The molecular formula is C26H26N2. The highest BCUT2D eigenvalue weighted by Crippen LogP contribution is 2.38. The molecule has 0 saturated carbocycles. The predicted octanol–water partition coefficient (Wildman–Crippen LogP) is 6.74. The molecule has 0 bridgehead atoms. The Morgan fingerprint density at radius 1 is 0.857 bits per heavy atom. The second-order valence-corrected chi connectivity index (χ2v) is 7.99. The third-order valence-electron chi connectivity index (χ3n) is 5.58.